The molecule has 2 nitrogen and oxygen atoms in total. The predicted octanol–water partition coefficient (Wildman–Crippen LogP) is 2.50. The summed E-state index contributed by atoms with van der Waals surface area (Å²) in [6.07, 6.45) is 2.35. The largest absolute Gasteiger partial charge is 0.271 e. The van der Waals surface area contributed by atoms with Crippen molar-refractivity contribution in [2.75, 3.05) is 0 Å². The van der Waals surface area contributed by atoms with Gasteiger partial charge < -0.3 is 0 Å². The molecule has 76 valence electrons. The molecule has 1 aromatic rings. The molecule has 1 unspecified atom stereocenters. The summed E-state index contributed by atoms with van der Waals surface area (Å²) in [7, 11) is 0. The van der Waals surface area contributed by atoms with Crippen LogP contribution in [0.2, 0.25) is 0 Å². The van der Waals surface area contributed by atoms with Crippen LogP contribution in [0, 0.1) is 11.7 Å². The van der Waals surface area contributed by atoms with E-state index in [2.05, 4.69) is 21.4 Å². The minimum Gasteiger partial charge on any atom is -0.271 e. The number of benzene rings is 1. The smallest absolute Gasteiger partial charge is 0.137 e. The van der Waals surface area contributed by atoms with Crippen LogP contribution in [0.4, 0.5) is 4.39 Å². The topological polar surface area (TPSA) is 38.0 Å². The van der Waals surface area contributed by atoms with Crippen LogP contribution in [0.15, 0.2) is 22.7 Å². The standard InChI is InChI=1S/C10H12BrFN2/c11-8-4-3-7(5-9(8)12)10(14-13)6-1-2-6/h3-6,10,14H,1-2,13H2. The Labute approximate surface area is 90.8 Å². The number of hydrogen-bond donors (Lipinski definition) is 2. The third-order valence-corrected chi connectivity index (χ3v) is 3.22. The SMILES string of the molecule is NNC(c1ccc(Br)c(F)c1)C1CC1. The molecule has 0 aliphatic heterocycles. The van der Waals surface area contributed by atoms with Gasteiger partial charge in [0.05, 0.1) is 4.47 Å². The van der Waals surface area contributed by atoms with E-state index in [9.17, 15) is 4.39 Å². The first-order chi connectivity index (χ1) is 6.72. The highest BCUT2D eigenvalue weighted by atomic mass is 79.9. The van der Waals surface area contributed by atoms with Crippen molar-refractivity contribution in [2.24, 2.45) is 11.8 Å². The van der Waals surface area contributed by atoms with E-state index in [1.807, 2.05) is 6.07 Å². The van der Waals surface area contributed by atoms with Gasteiger partial charge in [0, 0.05) is 6.04 Å². The van der Waals surface area contributed by atoms with Crippen LogP contribution in [-0.4, -0.2) is 0 Å². The quantitative estimate of drug-likeness (QED) is 0.646. The summed E-state index contributed by atoms with van der Waals surface area (Å²) in [4.78, 5) is 0. The molecule has 1 saturated carbocycles. The molecule has 0 bridgehead atoms. The third-order valence-electron chi connectivity index (χ3n) is 2.58. The molecule has 1 aromatic carbocycles. The third kappa shape index (κ3) is 1.97. The second-order valence-corrected chi connectivity index (χ2v) is 4.51. The summed E-state index contributed by atoms with van der Waals surface area (Å²) in [5, 5.41) is 0. The van der Waals surface area contributed by atoms with Gasteiger partial charge in [-0.3, -0.25) is 11.3 Å². The maximum Gasteiger partial charge on any atom is 0.137 e. The summed E-state index contributed by atoms with van der Waals surface area (Å²) < 4.78 is 13.7. The number of rotatable bonds is 3. The minimum absolute atomic E-state index is 0.0950. The molecular formula is C10H12BrFN2. The number of halogens is 2. The average molecular weight is 259 g/mol. The molecule has 0 amide bonds. The number of hydrazine groups is 1. The fourth-order valence-electron chi connectivity index (χ4n) is 1.64. The molecule has 14 heavy (non-hydrogen) atoms. The van der Waals surface area contributed by atoms with E-state index in [-0.39, 0.29) is 11.9 Å². The Kier molecular flexibility index (Phi) is 2.85. The van der Waals surface area contributed by atoms with E-state index in [0.717, 1.165) is 5.56 Å². The summed E-state index contributed by atoms with van der Waals surface area (Å²) in [5.74, 6) is 5.79. The lowest BCUT2D eigenvalue weighted by Crippen LogP contribution is -2.29. The van der Waals surface area contributed by atoms with Crippen molar-refractivity contribution in [2.45, 2.75) is 18.9 Å². The molecular weight excluding hydrogens is 247 g/mol. The van der Waals surface area contributed by atoms with Crippen LogP contribution in [0.3, 0.4) is 0 Å². The Balaban J connectivity index is 2.25. The van der Waals surface area contributed by atoms with E-state index in [4.69, 9.17) is 5.84 Å². The summed E-state index contributed by atoms with van der Waals surface area (Å²) >= 11 is 3.13. The molecule has 1 aliphatic rings. The Hall–Kier alpha value is -0.450. The van der Waals surface area contributed by atoms with Gasteiger partial charge in [-0.15, -0.1) is 0 Å². The van der Waals surface area contributed by atoms with Crippen LogP contribution in [0.25, 0.3) is 0 Å². The van der Waals surface area contributed by atoms with Crippen LogP contribution < -0.4 is 11.3 Å². The Morgan fingerprint density at radius 3 is 2.71 bits per heavy atom. The van der Waals surface area contributed by atoms with Gasteiger partial charge >= 0.3 is 0 Å². The van der Waals surface area contributed by atoms with E-state index >= 15 is 0 Å². The van der Waals surface area contributed by atoms with Crippen LogP contribution in [-0.2, 0) is 0 Å². The molecule has 0 radical (unpaired) electrons. The Morgan fingerprint density at radius 1 is 1.50 bits per heavy atom. The lowest BCUT2D eigenvalue weighted by Gasteiger charge is -2.15. The molecule has 0 spiro atoms. The fraction of sp³-hybridized carbons (Fsp3) is 0.400. The van der Waals surface area contributed by atoms with Crippen molar-refractivity contribution < 1.29 is 4.39 Å². The van der Waals surface area contributed by atoms with Gasteiger partial charge in [-0.25, -0.2) is 4.39 Å². The first-order valence-corrected chi connectivity index (χ1v) is 5.42. The van der Waals surface area contributed by atoms with Gasteiger partial charge in [-0.1, -0.05) is 6.07 Å². The molecule has 0 heterocycles. The summed E-state index contributed by atoms with van der Waals surface area (Å²) in [6.45, 7) is 0. The van der Waals surface area contributed by atoms with Gasteiger partial charge in [0.25, 0.3) is 0 Å². The molecule has 3 N–H and O–H groups in total. The Bertz CT molecular complexity index is 339. The monoisotopic (exact) mass is 258 g/mol. The van der Waals surface area contributed by atoms with E-state index in [1.165, 1.54) is 18.9 Å². The molecule has 1 atom stereocenters. The average Bonchev–Trinajstić information content (AvgIpc) is 2.96. The van der Waals surface area contributed by atoms with Gasteiger partial charge in [0.2, 0.25) is 0 Å². The number of nitrogens with two attached hydrogens (primary N) is 1. The first-order valence-electron chi connectivity index (χ1n) is 4.63. The van der Waals surface area contributed by atoms with Crippen LogP contribution in [0.5, 0.6) is 0 Å². The van der Waals surface area contributed by atoms with Crippen molar-refractivity contribution in [1.82, 2.24) is 5.43 Å². The van der Waals surface area contributed by atoms with E-state index in [1.54, 1.807) is 6.07 Å². The normalized spacial score (nSPS) is 18.2. The van der Waals surface area contributed by atoms with Crippen molar-refractivity contribution in [3.63, 3.8) is 0 Å². The second-order valence-electron chi connectivity index (χ2n) is 3.66. The highest BCUT2D eigenvalue weighted by Crippen LogP contribution is 2.40. The van der Waals surface area contributed by atoms with Crippen molar-refractivity contribution >= 4 is 15.9 Å². The van der Waals surface area contributed by atoms with Crippen molar-refractivity contribution in [3.8, 4) is 0 Å². The van der Waals surface area contributed by atoms with Gasteiger partial charge in [0.15, 0.2) is 0 Å². The summed E-state index contributed by atoms with van der Waals surface area (Å²) in [5.41, 5.74) is 3.67. The summed E-state index contributed by atoms with van der Waals surface area (Å²) in [6, 6.07) is 5.25. The Morgan fingerprint density at radius 2 is 2.21 bits per heavy atom. The zero-order valence-electron chi connectivity index (χ0n) is 7.63. The zero-order valence-corrected chi connectivity index (χ0v) is 9.22. The molecule has 0 saturated heterocycles. The predicted molar refractivity (Wildman–Crippen MR) is 56.9 cm³/mol. The van der Waals surface area contributed by atoms with E-state index in [0.29, 0.717) is 10.4 Å². The van der Waals surface area contributed by atoms with Gasteiger partial charge in [-0.2, -0.15) is 0 Å². The zero-order chi connectivity index (χ0) is 10.1. The maximum absolute atomic E-state index is 13.2. The number of nitrogens with one attached hydrogen (secondary N) is 1. The fourth-order valence-corrected chi connectivity index (χ4v) is 1.89. The lowest BCUT2D eigenvalue weighted by molar-refractivity contribution is 0.492. The van der Waals surface area contributed by atoms with E-state index < -0.39 is 0 Å². The van der Waals surface area contributed by atoms with Gasteiger partial charge in [0.1, 0.15) is 5.82 Å². The molecule has 1 aliphatic carbocycles. The molecule has 1 fully saturated rings. The van der Waals surface area contributed by atoms with Crippen molar-refractivity contribution in [3.05, 3.63) is 34.1 Å². The van der Waals surface area contributed by atoms with Gasteiger partial charge in [-0.05, 0) is 52.4 Å². The first kappa shape index (κ1) is 10.1. The van der Waals surface area contributed by atoms with Crippen molar-refractivity contribution in [1.29, 1.82) is 0 Å². The molecule has 0 aromatic heterocycles. The number of hydrogen-bond acceptors (Lipinski definition) is 2. The van der Waals surface area contributed by atoms with Crippen LogP contribution in [0.1, 0.15) is 24.4 Å². The highest BCUT2D eigenvalue weighted by molar-refractivity contribution is 9.10. The van der Waals surface area contributed by atoms with Crippen LogP contribution >= 0.6 is 15.9 Å². The highest BCUT2D eigenvalue weighted by Gasteiger charge is 2.31. The minimum atomic E-state index is -0.233. The maximum atomic E-state index is 13.2. The second kappa shape index (κ2) is 3.96. The molecule has 2 rings (SSSR count). The molecule has 4 heteroatoms. The lowest BCUT2D eigenvalue weighted by atomic mass is 10.0.